The molecule has 0 amide bonds. The molecule has 0 saturated carbocycles. The van der Waals surface area contributed by atoms with Crippen LogP contribution in [0.25, 0.3) is 0 Å². The van der Waals surface area contributed by atoms with Crippen LogP contribution in [-0.4, -0.2) is 34.5 Å². The van der Waals surface area contributed by atoms with Crippen molar-refractivity contribution in [1.82, 2.24) is 0 Å². The molecule has 0 aliphatic carbocycles. The Morgan fingerprint density at radius 1 is 1.06 bits per heavy atom. The lowest BCUT2D eigenvalue weighted by Crippen LogP contribution is -2.20. The van der Waals surface area contributed by atoms with Crippen LogP contribution in [0.15, 0.2) is 0 Å². The van der Waals surface area contributed by atoms with Crippen LogP contribution in [0.1, 0.15) is 51.9 Å². The first-order valence-corrected chi connectivity index (χ1v) is 6.13. The molecule has 0 spiro atoms. The second-order valence-corrected chi connectivity index (χ2v) is 4.66. The Morgan fingerprint density at radius 3 is 2.38 bits per heavy atom. The lowest BCUT2D eigenvalue weighted by molar-refractivity contribution is -0.149. The summed E-state index contributed by atoms with van der Waals surface area (Å²) in [5.74, 6) is -0.229. The predicted octanol–water partition coefficient (Wildman–Crippen LogP) is 1.38. The average Bonchev–Trinajstić information content (AvgIpc) is 2.22. The Bertz CT molecular complexity index is 217. The number of cyclic esters (lactones) is 1. The summed E-state index contributed by atoms with van der Waals surface area (Å²) in [7, 11) is 0. The Hall–Kier alpha value is -0.610. The summed E-state index contributed by atoms with van der Waals surface area (Å²) in [5, 5.41) is 19.2. The molecule has 3 atom stereocenters. The lowest BCUT2D eigenvalue weighted by atomic mass is 10.0. The van der Waals surface area contributed by atoms with Crippen LogP contribution in [0.5, 0.6) is 0 Å². The molecule has 2 N–H and O–H groups in total. The highest BCUT2D eigenvalue weighted by Gasteiger charge is 2.16. The van der Waals surface area contributed by atoms with Gasteiger partial charge in [0.25, 0.3) is 0 Å². The molecule has 0 aromatic rings. The van der Waals surface area contributed by atoms with E-state index >= 15 is 0 Å². The van der Waals surface area contributed by atoms with E-state index < -0.39 is 6.10 Å². The lowest BCUT2D eigenvalue weighted by Gasteiger charge is -2.18. The fourth-order valence-corrected chi connectivity index (χ4v) is 1.94. The smallest absolute Gasteiger partial charge is 0.306 e. The van der Waals surface area contributed by atoms with Gasteiger partial charge in [-0.15, -0.1) is 0 Å². The highest BCUT2D eigenvalue weighted by molar-refractivity contribution is 5.69. The van der Waals surface area contributed by atoms with E-state index in [2.05, 4.69) is 0 Å². The van der Waals surface area contributed by atoms with Gasteiger partial charge in [0.1, 0.15) is 0 Å². The molecule has 0 bridgehead atoms. The van der Waals surface area contributed by atoms with Crippen LogP contribution in [-0.2, 0) is 9.53 Å². The molecule has 4 heteroatoms. The third-order valence-corrected chi connectivity index (χ3v) is 3.00. The van der Waals surface area contributed by atoms with Gasteiger partial charge in [0.15, 0.2) is 0 Å². The molecule has 1 heterocycles. The number of aliphatic hydroxyl groups excluding tert-OH is 2. The molecule has 1 rings (SSSR count). The summed E-state index contributed by atoms with van der Waals surface area (Å²) in [6, 6.07) is 0. The van der Waals surface area contributed by atoms with Gasteiger partial charge in [0.2, 0.25) is 0 Å². The number of carbonyl (C=O) groups excluding carboxylic acids is 1. The molecule has 0 radical (unpaired) electrons. The van der Waals surface area contributed by atoms with Crippen molar-refractivity contribution in [3.63, 3.8) is 0 Å². The largest absolute Gasteiger partial charge is 0.463 e. The molecule has 1 saturated heterocycles. The first kappa shape index (κ1) is 13.5. The zero-order valence-electron chi connectivity index (χ0n) is 9.89. The summed E-state index contributed by atoms with van der Waals surface area (Å²) in [6.07, 6.45) is 3.31. The van der Waals surface area contributed by atoms with E-state index in [1.165, 1.54) is 0 Å². The highest BCUT2D eigenvalue weighted by atomic mass is 16.5. The minimum atomic E-state index is -0.503. The van der Waals surface area contributed by atoms with Gasteiger partial charge >= 0.3 is 5.97 Å². The first-order chi connectivity index (χ1) is 7.58. The van der Waals surface area contributed by atoms with E-state index in [0.29, 0.717) is 25.7 Å². The van der Waals surface area contributed by atoms with Crippen LogP contribution in [0.3, 0.4) is 0 Å². The van der Waals surface area contributed by atoms with Crippen LogP contribution < -0.4 is 0 Å². The third kappa shape index (κ3) is 5.47. The average molecular weight is 230 g/mol. The summed E-state index contributed by atoms with van der Waals surface area (Å²) in [6.45, 7) is 1.87. The molecular formula is C12H22O4. The van der Waals surface area contributed by atoms with E-state index in [1.54, 1.807) is 0 Å². The molecule has 0 aromatic heterocycles. The van der Waals surface area contributed by atoms with Crippen molar-refractivity contribution in [2.24, 2.45) is 0 Å². The highest BCUT2D eigenvalue weighted by Crippen LogP contribution is 2.15. The monoisotopic (exact) mass is 230 g/mol. The molecule has 16 heavy (non-hydrogen) atoms. The summed E-state index contributed by atoms with van der Waals surface area (Å²) in [5.41, 5.74) is 0. The van der Waals surface area contributed by atoms with Crippen molar-refractivity contribution >= 4 is 5.97 Å². The van der Waals surface area contributed by atoms with Crippen molar-refractivity contribution in [3.8, 4) is 0 Å². The normalized spacial score (nSPS) is 34.7. The topological polar surface area (TPSA) is 66.8 Å². The molecule has 0 aromatic carbocycles. The number of carbonyl (C=O) groups is 1. The van der Waals surface area contributed by atoms with Gasteiger partial charge in [-0.2, -0.15) is 0 Å². The molecule has 1 fully saturated rings. The minimum Gasteiger partial charge on any atom is -0.463 e. The Morgan fingerprint density at radius 2 is 1.69 bits per heavy atom. The van der Waals surface area contributed by atoms with E-state index in [-0.39, 0.29) is 24.6 Å². The standard InChI is InChI=1S/C12H22O4/c1-9-3-2-4-10(13)5-6-11(14)7-8-12(15)16-9/h9-11,13-14H,2-8H2,1H3/t9-,10-,11-/m1/s1. The second-order valence-electron chi connectivity index (χ2n) is 4.66. The quantitative estimate of drug-likeness (QED) is 0.617. The number of aliphatic hydroxyl groups is 2. The summed E-state index contributed by atoms with van der Waals surface area (Å²) in [4.78, 5) is 11.3. The Balaban J connectivity index is 2.43. The van der Waals surface area contributed by atoms with Crippen molar-refractivity contribution < 1.29 is 19.7 Å². The van der Waals surface area contributed by atoms with Gasteiger partial charge in [0.05, 0.1) is 18.3 Å². The molecule has 94 valence electrons. The van der Waals surface area contributed by atoms with Gasteiger partial charge < -0.3 is 14.9 Å². The van der Waals surface area contributed by atoms with E-state index in [0.717, 1.165) is 12.8 Å². The fourth-order valence-electron chi connectivity index (χ4n) is 1.94. The van der Waals surface area contributed by atoms with Crippen LogP contribution in [0.2, 0.25) is 0 Å². The molecular weight excluding hydrogens is 208 g/mol. The van der Waals surface area contributed by atoms with Crippen molar-refractivity contribution in [1.29, 1.82) is 0 Å². The zero-order chi connectivity index (χ0) is 12.0. The van der Waals surface area contributed by atoms with Crippen molar-refractivity contribution in [3.05, 3.63) is 0 Å². The minimum absolute atomic E-state index is 0.0868. The Kier molecular flexibility index (Phi) is 5.77. The molecule has 0 unspecified atom stereocenters. The predicted molar refractivity (Wildman–Crippen MR) is 59.9 cm³/mol. The van der Waals surface area contributed by atoms with E-state index in [4.69, 9.17) is 4.74 Å². The maximum atomic E-state index is 11.3. The van der Waals surface area contributed by atoms with Gasteiger partial charge in [0, 0.05) is 6.42 Å². The van der Waals surface area contributed by atoms with E-state index in [9.17, 15) is 15.0 Å². The van der Waals surface area contributed by atoms with Gasteiger partial charge in [-0.25, -0.2) is 0 Å². The number of ether oxygens (including phenoxy) is 1. The van der Waals surface area contributed by atoms with Crippen molar-refractivity contribution in [2.45, 2.75) is 70.2 Å². The molecule has 1 aliphatic heterocycles. The van der Waals surface area contributed by atoms with Crippen LogP contribution in [0.4, 0.5) is 0 Å². The number of hydrogen-bond acceptors (Lipinski definition) is 4. The summed E-state index contributed by atoms with van der Waals surface area (Å²) < 4.78 is 5.17. The van der Waals surface area contributed by atoms with Gasteiger partial charge in [-0.1, -0.05) is 0 Å². The van der Waals surface area contributed by atoms with Crippen LogP contribution >= 0.6 is 0 Å². The van der Waals surface area contributed by atoms with Crippen LogP contribution in [0, 0.1) is 0 Å². The van der Waals surface area contributed by atoms with Gasteiger partial charge in [-0.3, -0.25) is 4.79 Å². The number of hydrogen-bond donors (Lipinski definition) is 2. The van der Waals surface area contributed by atoms with E-state index in [1.807, 2.05) is 6.92 Å². The number of rotatable bonds is 0. The molecule has 4 nitrogen and oxygen atoms in total. The number of esters is 1. The second kappa shape index (κ2) is 6.86. The third-order valence-electron chi connectivity index (χ3n) is 3.00. The molecule has 1 aliphatic rings. The Labute approximate surface area is 96.6 Å². The zero-order valence-corrected chi connectivity index (χ0v) is 9.89. The maximum absolute atomic E-state index is 11.3. The fraction of sp³-hybridized carbons (Fsp3) is 0.917. The summed E-state index contributed by atoms with van der Waals surface area (Å²) >= 11 is 0. The first-order valence-electron chi connectivity index (χ1n) is 6.13. The van der Waals surface area contributed by atoms with Gasteiger partial charge in [-0.05, 0) is 45.4 Å². The van der Waals surface area contributed by atoms with Crippen molar-refractivity contribution in [2.75, 3.05) is 0 Å². The SMILES string of the molecule is C[C@@H]1CCC[C@@H](O)CC[C@@H](O)CCC(=O)O1. The maximum Gasteiger partial charge on any atom is 0.306 e.